The van der Waals surface area contributed by atoms with Gasteiger partial charge in [-0.05, 0) is 45.2 Å². The molecule has 21 heavy (non-hydrogen) atoms. The smallest absolute Gasteiger partial charge is 0.129 e. The molecular formula is C17H21FN2O. The topological polar surface area (TPSA) is 45.0 Å². The Kier molecular flexibility index (Phi) is 3.62. The van der Waals surface area contributed by atoms with Crippen molar-refractivity contribution in [1.29, 1.82) is 5.26 Å². The fourth-order valence-corrected chi connectivity index (χ4v) is 3.72. The maximum absolute atomic E-state index is 13.9. The summed E-state index contributed by atoms with van der Waals surface area (Å²) in [6, 6.07) is 5.39. The highest BCUT2D eigenvalue weighted by Gasteiger charge is 2.58. The summed E-state index contributed by atoms with van der Waals surface area (Å²) in [4.78, 5) is 0. The van der Waals surface area contributed by atoms with E-state index in [0.717, 1.165) is 18.7 Å². The molecule has 2 unspecified atom stereocenters. The molecule has 0 amide bonds. The molecule has 0 heterocycles. The molecule has 0 aliphatic heterocycles. The number of ether oxygens (including phenoxy) is 1. The predicted molar refractivity (Wildman–Crippen MR) is 79.6 cm³/mol. The van der Waals surface area contributed by atoms with Gasteiger partial charge >= 0.3 is 0 Å². The van der Waals surface area contributed by atoms with Gasteiger partial charge in [-0.1, -0.05) is 6.42 Å². The molecule has 2 aliphatic carbocycles. The summed E-state index contributed by atoms with van der Waals surface area (Å²) in [7, 11) is 0. The molecule has 0 bridgehead atoms. The fourth-order valence-electron chi connectivity index (χ4n) is 3.72. The Bertz CT molecular complexity index is 589. The van der Waals surface area contributed by atoms with Gasteiger partial charge < -0.3 is 10.1 Å². The van der Waals surface area contributed by atoms with E-state index in [-0.39, 0.29) is 11.2 Å². The lowest BCUT2D eigenvalue weighted by Crippen LogP contribution is -2.64. The van der Waals surface area contributed by atoms with Gasteiger partial charge in [-0.3, -0.25) is 0 Å². The SMILES string of the molecule is CCOC1CC(Nc2cc(C#N)cc(F)c2C)C12CCC2. The van der Waals surface area contributed by atoms with Crippen LogP contribution in [0, 0.1) is 29.5 Å². The van der Waals surface area contributed by atoms with Crippen molar-refractivity contribution in [2.45, 2.75) is 51.7 Å². The van der Waals surface area contributed by atoms with Gasteiger partial charge in [0.15, 0.2) is 0 Å². The van der Waals surface area contributed by atoms with E-state index in [1.165, 1.54) is 25.3 Å². The van der Waals surface area contributed by atoms with Crippen molar-refractivity contribution < 1.29 is 9.13 Å². The molecule has 2 fully saturated rings. The van der Waals surface area contributed by atoms with Crippen LogP contribution < -0.4 is 5.32 Å². The van der Waals surface area contributed by atoms with Crippen LogP contribution in [-0.2, 0) is 4.74 Å². The second kappa shape index (κ2) is 5.31. The average Bonchev–Trinajstić information content (AvgIpc) is 2.40. The van der Waals surface area contributed by atoms with E-state index < -0.39 is 0 Å². The normalized spacial score (nSPS) is 25.8. The molecular weight excluding hydrogens is 267 g/mol. The lowest BCUT2D eigenvalue weighted by Gasteiger charge is -2.61. The fraction of sp³-hybridized carbons (Fsp3) is 0.588. The highest BCUT2D eigenvalue weighted by Crippen LogP contribution is 2.58. The minimum atomic E-state index is -0.320. The van der Waals surface area contributed by atoms with Gasteiger partial charge in [-0.25, -0.2) is 4.39 Å². The van der Waals surface area contributed by atoms with Crippen LogP contribution in [0.2, 0.25) is 0 Å². The Labute approximate surface area is 125 Å². The average molecular weight is 288 g/mol. The molecule has 4 heteroatoms. The second-order valence-corrected chi connectivity index (χ2v) is 6.21. The molecule has 0 radical (unpaired) electrons. The summed E-state index contributed by atoms with van der Waals surface area (Å²) in [5.74, 6) is -0.320. The summed E-state index contributed by atoms with van der Waals surface area (Å²) < 4.78 is 19.7. The van der Waals surface area contributed by atoms with Crippen LogP contribution >= 0.6 is 0 Å². The Balaban J connectivity index is 1.79. The van der Waals surface area contributed by atoms with E-state index >= 15 is 0 Å². The molecule has 112 valence electrons. The van der Waals surface area contributed by atoms with Crippen LogP contribution in [0.25, 0.3) is 0 Å². The third-order valence-electron chi connectivity index (χ3n) is 5.24. The van der Waals surface area contributed by atoms with E-state index in [1.807, 2.05) is 13.0 Å². The van der Waals surface area contributed by atoms with Crippen molar-refractivity contribution in [2.24, 2.45) is 5.41 Å². The van der Waals surface area contributed by atoms with Crippen molar-refractivity contribution in [2.75, 3.05) is 11.9 Å². The van der Waals surface area contributed by atoms with Gasteiger partial charge in [0.1, 0.15) is 5.82 Å². The molecule has 2 atom stereocenters. The van der Waals surface area contributed by atoms with Crippen LogP contribution in [0.4, 0.5) is 10.1 Å². The third kappa shape index (κ3) is 2.20. The first-order valence-corrected chi connectivity index (χ1v) is 7.69. The molecule has 1 aromatic rings. The molecule has 3 nitrogen and oxygen atoms in total. The first kappa shape index (κ1) is 14.3. The van der Waals surface area contributed by atoms with Crippen LogP contribution in [0.3, 0.4) is 0 Å². The monoisotopic (exact) mass is 288 g/mol. The first-order chi connectivity index (χ1) is 10.1. The number of benzene rings is 1. The molecule has 2 saturated carbocycles. The number of rotatable bonds is 4. The van der Waals surface area contributed by atoms with Crippen molar-refractivity contribution >= 4 is 5.69 Å². The van der Waals surface area contributed by atoms with E-state index in [2.05, 4.69) is 5.32 Å². The third-order valence-corrected chi connectivity index (χ3v) is 5.24. The number of hydrogen-bond acceptors (Lipinski definition) is 3. The highest BCUT2D eigenvalue weighted by atomic mass is 19.1. The van der Waals surface area contributed by atoms with E-state index in [4.69, 9.17) is 10.00 Å². The Morgan fingerprint density at radius 1 is 1.48 bits per heavy atom. The highest BCUT2D eigenvalue weighted by molar-refractivity contribution is 5.57. The zero-order chi connectivity index (χ0) is 15.0. The zero-order valence-electron chi connectivity index (χ0n) is 12.6. The van der Waals surface area contributed by atoms with E-state index in [9.17, 15) is 4.39 Å². The summed E-state index contributed by atoms with van der Waals surface area (Å²) >= 11 is 0. The zero-order valence-corrected chi connectivity index (χ0v) is 12.6. The second-order valence-electron chi connectivity index (χ2n) is 6.21. The number of halogens is 1. The van der Waals surface area contributed by atoms with Crippen LogP contribution in [0.5, 0.6) is 0 Å². The molecule has 1 aromatic carbocycles. The summed E-state index contributed by atoms with van der Waals surface area (Å²) in [5.41, 5.74) is 1.92. The number of nitrogens with zero attached hydrogens (tertiary/aromatic N) is 1. The number of nitrogens with one attached hydrogen (secondary N) is 1. The molecule has 3 rings (SSSR count). The van der Waals surface area contributed by atoms with Gasteiger partial charge in [-0.2, -0.15) is 5.26 Å². The predicted octanol–water partition coefficient (Wildman–Crippen LogP) is 3.77. The van der Waals surface area contributed by atoms with E-state index in [1.54, 1.807) is 13.0 Å². The maximum atomic E-state index is 13.9. The molecule has 1 N–H and O–H groups in total. The summed E-state index contributed by atoms with van der Waals surface area (Å²) in [6.07, 6.45) is 4.89. The Morgan fingerprint density at radius 3 is 2.81 bits per heavy atom. The minimum Gasteiger partial charge on any atom is -0.381 e. The molecule has 0 aromatic heterocycles. The van der Waals surface area contributed by atoms with Gasteiger partial charge in [-0.15, -0.1) is 0 Å². The summed E-state index contributed by atoms with van der Waals surface area (Å²) in [6.45, 7) is 4.53. The minimum absolute atomic E-state index is 0.224. The van der Waals surface area contributed by atoms with Crippen LogP contribution in [-0.4, -0.2) is 18.8 Å². The van der Waals surface area contributed by atoms with Crippen molar-refractivity contribution in [1.82, 2.24) is 0 Å². The number of nitriles is 1. The number of anilines is 1. The van der Waals surface area contributed by atoms with Crippen LogP contribution in [0.1, 0.15) is 43.7 Å². The van der Waals surface area contributed by atoms with Gasteiger partial charge in [0.2, 0.25) is 0 Å². The maximum Gasteiger partial charge on any atom is 0.129 e. The van der Waals surface area contributed by atoms with Gasteiger partial charge in [0.05, 0.1) is 17.7 Å². The standard InChI is InChI=1S/C17H21FN2O/c1-3-21-16-9-15(17(16)5-4-6-17)20-14-8-12(10-19)7-13(18)11(14)2/h7-8,15-16,20H,3-6,9H2,1-2H3. The summed E-state index contributed by atoms with van der Waals surface area (Å²) in [5, 5.41) is 12.5. The Hall–Kier alpha value is -1.60. The number of hydrogen-bond donors (Lipinski definition) is 1. The quantitative estimate of drug-likeness (QED) is 0.917. The van der Waals surface area contributed by atoms with Gasteiger partial charge in [0.25, 0.3) is 0 Å². The first-order valence-electron chi connectivity index (χ1n) is 7.69. The van der Waals surface area contributed by atoms with Crippen molar-refractivity contribution in [3.63, 3.8) is 0 Å². The lowest BCUT2D eigenvalue weighted by atomic mass is 9.51. The lowest BCUT2D eigenvalue weighted by molar-refractivity contribution is -0.157. The van der Waals surface area contributed by atoms with Gasteiger partial charge in [0, 0.05) is 29.3 Å². The Morgan fingerprint density at radius 2 is 2.24 bits per heavy atom. The van der Waals surface area contributed by atoms with Crippen LogP contribution in [0.15, 0.2) is 12.1 Å². The molecule has 2 aliphatic rings. The molecule has 1 spiro atoms. The van der Waals surface area contributed by atoms with E-state index in [0.29, 0.717) is 23.3 Å². The van der Waals surface area contributed by atoms with Crippen molar-refractivity contribution in [3.8, 4) is 6.07 Å². The molecule has 0 saturated heterocycles. The largest absolute Gasteiger partial charge is 0.381 e. The van der Waals surface area contributed by atoms with Crippen molar-refractivity contribution in [3.05, 3.63) is 29.1 Å².